The fraction of sp³-hybridized carbons (Fsp3) is 0.692. The molecule has 0 atom stereocenters. The van der Waals surface area contributed by atoms with Gasteiger partial charge in [0.1, 0.15) is 0 Å². The van der Waals surface area contributed by atoms with Crippen LogP contribution in [0.1, 0.15) is 20.3 Å². The first-order chi connectivity index (χ1) is 10.2. The summed E-state index contributed by atoms with van der Waals surface area (Å²) in [5, 5.41) is 5.82. The molecule has 1 aliphatic heterocycles. The SMILES string of the molecule is CCN(CC)c1nc(NC)nc(N2CCCNC(=O)C2)n1. The van der Waals surface area contributed by atoms with Gasteiger partial charge < -0.3 is 20.4 Å². The topological polar surface area (TPSA) is 86.3 Å². The molecule has 2 heterocycles. The van der Waals surface area contributed by atoms with Crippen molar-refractivity contribution in [2.75, 3.05) is 54.9 Å². The number of carbonyl (C=O) groups is 1. The Morgan fingerprint density at radius 1 is 1.29 bits per heavy atom. The molecule has 0 radical (unpaired) electrons. The Balaban J connectivity index is 2.33. The lowest BCUT2D eigenvalue weighted by molar-refractivity contribution is -0.119. The van der Waals surface area contributed by atoms with E-state index in [0.29, 0.717) is 24.4 Å². The van der Waals surface area contributed by atoms with Crippen molar-refractivity contribution in [3.63, 3.8) is 0 Å². The highest BCUT2D eigenvalue weighted by Crippen LogP contribution is 2.17. The van der Waals surface area contributed by atoms with E-state index >= 15 is 0 Å². The molecular formula is C13H23N7O. The third kappa shape index (κ3) is 3.71. The Bertz CT molecular complexity index is 489. The van der Waals surface area contributed by atoms with Gasteiger partial charge in [-0.3, -0.25) is 4.79 Å². The average molecular weight is 293 g/mol. The van der Waals surface area contributed by atoms with E-state index in [1.165, 1.54) is 0 Å². The summed E-state index contributed by atoms with van der Waals surface area (Å²) in [6.07, 6.45) is 0.882. The molecule has 116 valence electrons. The molecule has 1 aliphatic rings. The zero-order valence-electron chi connectivity index (χ0n) is 12.9. The summed E-state index contributed by atoms with van der Waals surface area (Å²) in [5.74, 6) is 1.71. The van der Waals surface area contributed by atoms with Crippen molar-refractivity contribution >= 4 is 23.8 Å². The zero-order chi connectivity index (χ0) is 15.2. The molecule has 1 amide bonds. The van der Waals surface area contributed by atoms with Crippen LogP contribution < -0.4 is 20.4 Å². The van der Waals surface area contributed by atoms with Crippen LogP contribution in [-0.2, 0) is 4.79 Å². The van der Waals surface area contributed by atoms with Crippen LogP contribution in [0.3, 0.4) is 0 Å². The third-order valence-electron chi connectivity index (χ3n) is 3.43. The van der Waals surface area contributed by atoms with E-state index in [0.717, 1.165) is 26.1 Å². The number of carbonyl (C=O) groups excluding carboxylic acids is 1. The van der Waals surface area contributed by atoms with E-state index in [9.17, 15) is 4.79 Å². The number of nitrogens with zero attached hydrogens (tertiary/aromatic N) is 5. The Labute approximate surface area is 125 Å². The van der Waals surface area contributed by atoms with Gasteiger partial charge in [0.05, 0.1) is 6.54 Å². The molecule has 2 N–H and O–H groups in total. The Hall–Kier alpha value is -2.12. The first kappa shape index (κ1) is 15.3. The van der Waals surface area contributed by atoms with Crippen LogP contribution in [-0.4, -0.2) is 60.6 Å². The van der Waals surface area contributed by atoms with Crippen LogP contribution in [0.25, 0.3) is 0 Å². The van der Waals surface area contributed by atoms with Crippen LogP contribution in [0, 0.1) is 0 Å². The van der Waals surface area contributed by atoms with Crippen LogP contribution in [0.2, 0.25) is 0 Å². The Kier molecular flexibility index (Phi) is 5.13. The second-order valence-electron chi connectivity index (χ2n) is 4.81. The minimum absolute atomic E-state index is 0.00306. The monoisotopic (exact) mass is 293 g/mol. The van der Waals surface area contributed by atoms with Gasteiger partial charge >= 0.3 is 0 Å². The molecule has 21 heavy (non-hydrogen) atoms. The maximum absolute atomic E-state index is 11.7. The van der Waals surface area contributed by atoms with Crippen molar-refractivity contribution in [2.24, 2.45) is 0 Å². The van der Waals surface area contributed by atoms with E-state index < -0.39 is 0 Å². The molecule has 0 spiro atoms. The number of anilines is 3. The molecule has 1 aromatic heterocycles. The standard InChI is InChI=1S/C13H23N7O/c1-4-19(5-2)12-16-11(14-3)17-13(18-12)20-8-6-7-15-10(21)9-20/h4-9H2,1-3H3,(H,15,21)(H,14,16,17,18). The molecule has 1 fully saturated rings. The van der Waals surface area contributed by atoms with E-state index in [-0.39, 0.29) is 12.5 Å². The Morgan fingerprint density at radius 2 is 2.05 bits per heavy atom. The number of amides is 1. The lowest BCUT2D eigenvalue weighted by Crippen LogP contribution is -2.35. The predicted molar refractivity (Wildman–Crippen MR) is 82.8 cm³/mol. The van der Waals surface area contributed by atoms with Gasteiger partial charge in [-0.1, -0.05) is 0 Å². The van der Waals surface area contributed by atoms with Gasteiger partial charge in [-0.25, -0.2) is 0 Å². The van der Waals surface area contributed by atoms with E-state index in [4.69, 9.17) is 0 Å². The van der Waals surface area contributed by atoms with Crippen molar-refractivity contribution < 1.29 is 4.79 Å². The Morgan fingerprint density at radius 3 is 2.71 bits per heavy atom. The van der Waals surface area contributed by atoms with Crippen molar-refractivity contribution in [2.45, 2.75) is 20.3 Å². The first-order valence-electron chi connectivity index (χ1n) is 7.38. The van der Waals surface area contributed by atoms with Crippen LogP contribution in [0.5, 0.6) is 0 Å². The lowest BCUT2D eigenvalue weighted by Gasteiger charge is -2.23. The molecule has 2 rings (SSSR count). The summed E-state index contributed by atoms with van der Waals surface area (Å²) in [6.45, 7) is 7.50. The highest BCUT2D eigenvalue weighted by atomic mass is 16.2. The number of hydrogen-bond acceptors (Lipinski definition) is 7. The summed E-state index contributed by atoms with van der Waals surface area (Å²) >= 11 is 0. The van der Waals surface area contributed by atoms with Gasteiger partial charge in [0.15, 0.2) is 0 Å². The van der Waals surface area contributed by atoms with Gasteiger partial charge in [0.2, 0.25) is 23.8 Å². The molecule has 8 heteroatoms. The van der Waals surface area contributed by atoms with Crippen molar-refractivity contribution in [1.82, 2.24) is 20.3 Å². The normalized spacial score (nSPS) is 15.4. The molecule has 0 bridgehead atoms. The fourth-order valence-electron chi connectivity index (χ4n) is 2.23. The molecule has 1 aromatic rings. The molecule has 1 saturated heterocycles. The summed E-state index contributed by atoms with van der Waals surface area (Å²) < 4.78 is 0. The van der Waals surface area contributed by atoms with E-state index in [2.05, 4.69) is 44.3 Å². The van der Waals surface area contributed by atoms with Crippen LogP contribution >= 0.6 is 0 Å². The summed E-state index contributed by atoms with van der Waals surface area (Å²) in [6, 6.07) is 0. The minimum atomic E-state index is 0.00306. The minimum Gasteiger partial charge on any atom is -0.357 e. The molecule has 0 aromatic carbocycles. The molecule has 0 aliphatic carbocycles. The quantitative estimate of drug-likeness (QED) is 0.795. The summed E-state index contributed by atoms with van der Waals surface area (Å²) in [4.78, 5) is 29.0. The van der Waals surface area contributed by atoms with Crippen molar-refractivity contribution in [1.29, 1.82) is 0 Å². The largest absolute Gasteiger partial charge is 0.357 e. The van der Waals surface area contributed by atoms with Crippen LogP contribution in [0.15, 0.2) is 0 Å². The number of rotatable bonds is 5. The average Bonchev–Trinajstić information content (AvgIpc) is 2.73. The number of hydrogen-bond donors (Lipinski definition) is 2. The third-order valence-corrected chi connectivity index (χ3v) is 3.43. The van der Waals surface area contributed by atoms with Crippen molar-refractivity contribution in [3.8, 4) is 0 Å². The lowest BCUT2D eigenvalue weighted by atomic mass is 10.4. The molecule has 8 nitrogen and oxygen atoms in total. The van der Waals surface area contributed by atoms with Gasteiger partial charge in [0.25, 0.3) is 0 Å². The van der Waals surface area contributed by atoms with Gasteiger partial charge in [-0.05, 0) is 20.3 Å². The summed E-state index contributed by atoms with van der Waals surface area (Å²) in [7, 11) is 1.78. The second-order valence-corrected chi connectivity index (χ2v) is 4.81. The molecule has 0 saturated carbocycles. The fourth-order valence-corrected chi connectivity index (χ4v) is 2.23. The number of aromatic nitrogens is 3. The van der Waals surface area contributed by atoms with Crippen molar-refractivity contribution in [3.05, 3.63) is 0 Å². The summed E-state index contributed by atoms with van der Waals surface area (Å²) in [5.41, 5.74) is 0. The van der Waals surface area contributed by atoms with E-state index in [1.807, 2.05) is 4.90 Å². The molecular weight excluding hydrogens is 270 g/mol. The zero-order valence-corrected chi connectivity index (χ0v) is 12.9. The highest BCUT2D eigenvalue weighted by Gasteiger charge is 2.20. The van der Waals surface area contributed by atoms with Gasteiger partial charge in [-0.2, -0.15) is 15.0 Å². The maximum Gasteiger partial charge on any atom is 0.239 e. The smallest absolute Gasteiger partial charge is 0.239 e. The van der Waals surface area contributed by atoms with Gasteiger partial charge in [0, 0.05) is 33.2 Å². The number of nitrogens with one attached hydrogen (secondary N) is 2. The van der Waals surface area contributed by atoms with E-state index in [1.54, 1.807) is 7.05 Å². The maximum atomic E-state index is 11.7. The second kappa shape index (κ2) is 7.05. The molecule has 0 unspecified atom stereocenters. The predicted octanol–water partition coefficient (Wildman–Crippen LogP) is 0.0858. The highest BCUT2D eigenvalue weighted by molar-refractivity contribution is 5.81. The van der Waals surface area contributed by atoms with Crippen LogP contribution in [0.4, 0.5) is 17.8 Å². The first-order valence-corrected chi connectivity index (χ1v) is 7.38. The van der Waals surface area contributed by atoms with Gasteiger partial charge in [-0.15, -0.1) is 0 Å².